The molecule has 0 bridgehead atoms. The lowest BCUT2D eigenvalue weighted by atomic mass is 10.1. The fraction of sp³-hybridized carbons (Fsp3) is 0.409. The van der Waals surface area contributed by atoms with Gasteiger partial charge in [-0.2, -0.15) is 0 Å². The third kappa shape index (κ3) is 5.36. The Morgan fingerprint density at radius 3 is 2.45 bits per heavy atom. The number of carbonyl (C=O) groups is 1. The number of nitrogens with zero attached hydrogens (tertiary/aromatic N) is 2. The molecular weight excluding hydrogens is 434 g/mol. The third-order valence-corrected chi connectivity index (χ3v) is 5.75. The molecule has 0 radical (unpaired) electrons. The van der Waals surface area contributed by atoms with Crippen LogP contribution >= 0.6 is 15.9 Å². The minimum Gasteiger partial charge on any atom is -0.379 e. The van der Waals surface area contributed by atoms with Crippen molar-refractivity contribution in [2.45, 2.75) is 6.54 Å². The summed E-state index contributed by atoms with van der Waals surface area (Å²) in [6.07, 6.45) is 0. The quantitative estimate of drug-likeness (QED) is 0.742. The Morgan fingerprint density at radius 2 is 1.69 bits per heavy atom. The normalized spacial score (nSPS) is 17.9. The van der Waals surface area contributed by atoms with Gasteiger partial charge < -0.3 is 19.7 Å². The highest BCUT2D eigenvalue weighted by Crippen LogP contribution is 2.30. The average molecular weight is 460 g/mol. The molecule has 2 heterocycles. The number of hydrogen-bond acceptors (Lipinski definition) is 5. The van der Waals surface area contributed by atoms with Crippen molar-refractivity contribution >= 4 is 33.2 Å². The van der Waals surface area contributed by atoms with Gasteiger partial charge in [-0.25, -0.2) is 0 Å². The zero-order valence-corrected chi connectivity index (χ0v) is 18.0. The number of amides is 1. The van der Waals surface area contributed by atoms with Gasteiger partial charge in [0.15, 0.2) is 0 Å². The van der Waals surface area contributed by atoms with Gasteiger partial charge in [0, 0.05) is 42.8 Å². The summed E-state index contributed by atoms with van der Waals surface area (Å²) in [4.78, 5) is 17.6. The standard InChI is InChI=1S/C22H26BrN3O3/c23-19-4-5-21(26-8-12-29-13-9-26)20(15-19)24-22(27)18-3-1-2-17(14-18)16-25-6-10-28-11-7-25/h1-5,14-15H,6-13,16H2,(H,24,27). The number of ether oxygens (including phenoxy) is 2. The van der Waals surface area contributed by atoms with Gasteiger partial charge in [0.05, 0.1) is 37.8 Å². The van der Waals surface area contributed by atoms with Crippen molar-refractivity contribution < 1.29 is 14.3 Å². The molecule has 2 aliphatic rings. The van der Waals surface area contributed by atoms with Gasteiger partial charge in [-0.15, -0.1) is 0 Å². The Kier molecular flexibility index (Phi) is 6.82. The molecule has 2 aliphatic heterocycles. The van der Waals surface area contributed by atoms with E-state index in [1.807, 2.05) is 36.4 Å². The molecule has 2 fully saturated rings. The molecule has 0 atom stereocenters. The van der Waals surface area contributed by atoms with Gasteiger partial charge in [0.2, 0.25) is 0 Å². The van der Waals surface area contributed by atoms with Crippen molar-refractivity contribution in [1.29, 1.82) is 0 Å². The van der Waals surface area contributed by atoms with Gasteiger partial charge >= 0.3 is 0 Å². The molecule has 6 nitrogen and oxygen atoms in total. The van der Waals surface area contributed by atoms with Crippen LogP contribution in [0.25, 0.3) is 0 Å². The lowest BCUT2D eigenvalue weighted by molar-refractivity contribution is 0.0342. The zero-order chi connectivity index (χ0) is 20.1. The summed E-state index contributed by atoms with van der Waals surface area (Å²) in [6.45, 7) is 7.27. The number of anilines is 2. The average Bonchev–Trinajstić information content (AvgIpc) is 2.75. The number of morpholine rings is 2. The predicted molar refractivity (Wildman–Crippen MR) is 118 cm³/mol. The Hall–Kier alpha value is -1.93. The highest BCUT2D eigenvalue weighted by molar-refractivity contribution is 9.10. The molecule has 0 saturated carbocycles. The zero-order valence-electron chi connectivity index (χ0n) is 16.4. The van der Waals surface area contributed by atoms with Crippen LogP contribution in [0.2, 0.25) is 0 Å². The van der Waals surface area contributed by atoms with Crippen molar-refractivity contribution in [2.75, 3.05) is 62.8 Å². The number of hydrogen-bond donors (Lipinski definition) is 1. The van der Waals surface area contributed by atoms with Crippen molar-refractivity contribution in [3.63, 3.8) is 0 Å². The first kappa shape index (κ1) is 20.3. The fourth-order valence-corrected chi connectivity index (χ4v) is 4.07. The van der Waals surface area contributed by atoms with Crippen molar-refractivity contribution in [2.24, 2.45) is 0 Å². The van der Waals surface area contributed by atoms with E-state index in [0.29, 0.717) is 18.8 Å². The topological polar surface area (TPSA) is 54.0 Å². The van der Waals surface area contributed by atoms with Gasteiger partial charge in [-0.1, -0.05) is 28.1 Å². The highest BCUT2D eigenvalue weighted by Gasteiger charge is 2.18. The molecule has 29 heavy (non-hydrogen) atoms. The summed E-state index contributed by atoms with van der Waals surface area (Å²) in [5.74, 6) is -0.0959. The maximum atomic E-state index is 13.0. The molecule has 2 saturated heterocycles. The molecule has 0 aliphatic carbocycles. The Balaban J connectivity index is 1.49. The third-order valence-electron chi connectivity index (χ3n) is 5.26. The molecule has 1 N–H and O–H groups in total. The molecule has 1 amide bonds. The molecular formula is C22H26BrN3O3. The van der Waals surface area contributed by atoms with E-state index in [4.69, 9.17) is 9.47 Å². The molecule has 154 valence electrons. The van der Waals surface area contributed by atoms with Gasteiger partial charge in [0.25, 0.3) is 5.91 Å². The lowest BCUT2D eigenvalue weighted by Crippen LogP contribution is -2.36. The fourth-order valence-electron chi connectivity index (χ4n) is 3.71. The Bertz CT molecular complexity index is 849. The summed E-state index contributed by atoms with van der Waals surface area (Å²) in [5, 5.41) is 3.11. The predicted octanol–water partition coefficient (Wildman–Crippen LogP) is 3.37. The van der Waals surface area contributed by atoms with E-state index >= 15 is 0 Å². The van der Waals surface area contributed by atoms with Crippen LogP contribution in [0.4, 0.5) is 11.4 Å². The van der Waals surface area contributed by atoms with Crippen LogP contribution < -0.4 is 10.2 Å². The molecule has 2 aromatic carbocycles. The van der Waals surface area contributed by atoms with Crippen LogP contribution in [0.5, 0.6) is 0 Å². The molecule has 0 aromatic heterocycles. The summed E-state index contributed by atoms with van der Waals surface area (Å²) in [6, 6.07) is 13.9. The SMILES string of the molecule is O=C(Nc1cc(Br)ccc1N1CCOCC1)c1cccc(CN2CCOCC2)c1. The largest absolute Gasteiger partial charge is 0.379 e. The van der Waals surface area contributed by atoms with Crippen molar-refractivity contribution in [1.82, 2.24) is 4.90 Å². The highest BCUT2D eigenvalue weighted by atomic mass is 79.9. The number of rotatable bonds is 5. The number of carbonyl (C=O) groups excluding carboxylic acids is 1. The van der Waals surface area contributed by atoms with Crippen molar-refractivity contribution in [3.8, 4) is 0 Å². The van der Waals surface area contributed by atoms with E-state index in [-0.39, 0.29) is 5.91 Å². The second-order valence-corrected chi connectivity index (χ2v) is 8.22. The first-order valence-electron chi connectivity index (χ1n) is 10.0. The van der Waals surface area contributed by atoms with Crippen molar-refractivity contribution in [3.05, 3.63) is 58.1 Å². The maximum absolute atomic E-state index is 13.0. The summed E-state index contributed by atoms with van der Waals surface area (Å²) in [7, 11) is 0. The Labute approximate surface area is 179 Å². The van der Waals surface area contributed by atoms with Crippen LogP contribution in [-0.4, -0.2) is 63.4 Å². The maximum Gasteiger partial charge on any atom is 0.255 e. The number of halogens is 1. The second-order valence-electron chi connectivity index (χ2n) is 7.30. The van der Waals surface area contributed by atoms with E-state index in [1.54, 1.807) is 0 Å². The van der Waals surface area contributed by atoms with E-state index in [1.165, 1.54) is 0 Å². The van der Waals surface area contributed by atoms with E-state index < -0.39 is 0 Å². The minimum absolute atomic E-state index is 0.0959. The smallest absolute Gasteiger partial charge is 0.255 e. The number of nitrogens with one attached hydrogen (secondary N) is 1. The first-order chi connectivity index (χ1) is 14.2. The summed E-state index contributed by atoms with van der Waals surface area (Å²) >= 11 is 3.52. The van der Waals surface area contributed by atoms with Crippen LogP contribution in [0.15, 0.2) is 46.9 Å². The number of benzene rings is 2. The molecule has 7 heteroatoms. The minimum atomic E-state index is -0.0959. The van der Waals surface area contributed by atoms with Crippen LogP contribution in [0.1, 0.15) is 15.9 Å². The molecule has 4 rings (SSSR count). The monoisotopic (exact) mass is 459 g/mol. The Morgan fingerprint density at radius 1 is 0.966 bits per heavy atom. The van der Waals surface area contributed by atoms with Crippen LogP contribution in [-0.2, 0) is 16.0 Å². The van der Waals surface area contributed by atoms with E-state index in [9.17, 15) is 4.79 Å². The van der Waals surface area contributed by atoms with E-state index in [0.717, 1.165) is 67.3 Å². The van der Waals surface area contributed by atoms with Gasteiger partial charge in [0.1, 0.15) is 0 Å². The van der Waals surface area contributed by atoms with Crippen LogP contribution in [0, 0.1) is 0 Å². The lowest BCUT2D eigenvalue weighted by Gasteiger charge is -2.30. The first-order valence-corrected chi connectivity index (χ1v) is 10.8. The van der Waals surface area contributed by atoms with E-state index in [2.05, 4.69) is 37.1 Å². The summed E-state index contributed by atoms with van der Waals surface area (Å²) < 4.78 is 11.8. The summed E-state index contributed by atoms with van der Waals surface area (Å²) in [5.41, 5.74) is 3.64. The molecule has 0 spiro atoms. The second kappa shape index (κ2) is 9.71. The molecule has 0 unspecified atom stereocenters. The van der Waals surface area contributed by atoms with Gasteiger partial charge in [-0.05, 0) is 35.9 Å². The van der Waals surface area contributed by atoms with Gasteiger partial charge in [-0.3, -0.25) is 9.69 Å². The molecule has 2 aromatic rings. The van der Waals surface area contributed by atoms with Crippen LogP contribution in [0.3, 0.4) is 0 Å².